The Kier molecular flexibility index (Phi) is 4.60. The Morgan fingerprint density at radius 2 is 2.16 bits per heavy atom. The summed E-state index contributed by atoms with van der Waals surface area (Å²) in [5.74, 6) is 0.884. The lowest BCUT2D eigenvalue weighted by Crippen LogP contribution is -2.18. The summed E-state index contributed by atoms with van der Waals surface area (Å²) in [6, 6.07) is 5.72. The molecule has 0 amide bonds. The van der Waals surface area contributed by atoms with Crippen LogP contribution in [-0.2, 0) is 6.42 Å². The van der Waals surface area contributed by atoms with E-state index in [0.717, 1.165) is 15.9 Å². The summed E-state index contributed by atoms with van der Waals surface area (Å²) in [6.45, 7) is 4.14. The number of benzene rings is 1. The quantitative estimate of drug-likeness (QED) is 0.924. The third-order valence-corrected chi connectivity index (χ3v) is 3.85. The molecular formula is C13H16BrClN4. The molecule has 0 aliphatic carbocycles. The number of hydrogen-bond acceptors (Lipinski definition) is 3. The number of hydrogen-bond donors (Lipinski definition) is 1. The van der Waals surface area contributed by atoms with Gasteiger partial charge in [0.1, 0.15) is 12.2 Å². The lowest BCUT2D eigenvalue weighted by Gasteiger charge is -2.16. The first-order valence-corrected chi connectivity index (χ1v) is 7.25. The second kappa shape index (κ2) is 6.03. The molecule has 0 bridgehead atoms. The van der Waals surface area contributed by atoms with Gasteiger partial charge < -0.3 is 5.73 Å². The van der Waals surface area contributed by atoms with Crippen molar-refractivity contribution < 1.29 is 0 Å². The van der Waals surface area contributed by atoms with Crippen LogP contribution in [0.3, 0.4) is 0 Å². The highest BCUT2D eigenvalue weighted by molar-refractivity contribution is 9.10. The zero-order valence-corrected chi connectivity index (χ0v) is 13.2. The van der Waals surface area contributed by atoms with Crippen LogP contribution in [0.4, 0.5) is 0 Å². The average Bonchev–Trinajstić information content (AvgIpc) is 2.80. The second-order valence-corrected chi connectivity index (χ2v) is 5.98. The molecule has 4 nitrogen and oxygen atoms in total. The van der Waals surface area contributed by atoms with Gasteiger partial charge in [-0.25, -0.2) is 9.67 Å². The van der Waals surface area contributed by atoms with E-state index in [0.29, 0.717) is 11.4 Å². The first kappa shape index (κ1) is 14.5. The zero-order valence-electron chi connectivity index (χ0n) is 10.8. The summed E-state index contributed by atoms with van der Waals surface area (Å²) in [4.78, 5) is 4.28. The summed E-state index contributed by atoms with van der Waals surface area (Å²) in [5.41, 5.74) is 7.23. The van der Waals surface area contributed by atoms with Crippen molar-refractivity contribution in [1.29, 1.82) is 0 Å². The molecule has 0 spiro atoms. The molecule has 2 N–H and O–H groups in total. The van der Waals surface area contributed by atoms with E-state index in [-0.39, 0.29) is 12.1 Å². The predicted octanol–water partition coefficient (Wildman–Crippen LogP) is 3.52. The van der Waals surface area contributed by atoms with Crippen LogP contribution in [0, 0.1) is 0 Å². The monoisotopic (exact) mass is 342 g/mol. The molecule has 19 heavy (non-hydrogen) atoms. The molecule has 1 aromatic heterocycles. The predicted molar refractivity (Wildman–Crippen MR) is 80.2 cm³/mol. The van der Waals surface area contributed by atoms with Crippen LogP contribution in [0.2, 0.25) is 5.02 Å². The number of aromatic nitrogens is 3. The molecule has 1 atom stereocenters. The van der Waals surface area contributed by atoms with Crippen molar-refractivity contribution in [3.05, 3.63) is 45.4 Å². The third-order valence-electron chi connectivity index (χ3n) is 2.90. The summed E-state index contributed by atoms with van der Waals surface area (Å²) in [5, 5.41) is 4.89. The maximum Gasteiger partial charge on any atom is 0.138 e. The van der Waals surface area contributed by atoms with Gasteiger partial charge >= 0.3 is 0 Å². The van der Waals surface area contributed by atoms with Gasteiger partial charge in [0.2, 0.25) is 0 Å². The summed E-state index contributed by atoms with van der Waals surface area (Å²) in [7, 11) is 0. The van der Waals surface area contributed by atoms with Gasteiger partial charge in [-0.15, -0.1) is 0 Å². The fraction of sp³-hybridized carbons (Fsp3) is 0.385. The SMILES string of the molecule is CC(C)n1ncnc1CC(N)c1cc(Cl)ccc1Br. The highest BCUT2D eigenvalue weighted by Gasteiger charge is 2.16. The summed E-state index contributed by atoms with van der Waals surface area (Å²) >= 11 is 9.52. The molecule has 1 unspecified atom stereocenters. The minimum absolute atomic E-state index is 0.172. The first-order valence-electron chi connectivity index (χ1n) is 6.08. The van der Waals surface area contributed by atoms with Gasteiger partial charge in [0.15, 0.2) is 0 Å². The van der Waals surface area contributed by atoms with Gasteiger partial charge in [-0.2, -0.15) is 5.10 Å². The van der Waals surface area contributed by atoms with Gasteiger partial charge in [-0.3, -0.25) is 0 Å². The second-order valence-electron chi connectivity index (χ2n) is 4.69. The molecule has 6 heteroatoms. The number of nitrogens with two attached hydrogens (primary N) is 1. The maximum atomic E-state index is 6.26. The highest BCUT2D eigenvalue weighted by atomic mass is 79.9. The van der Waals surface area contributed by atoms with E-state index < -0.39 is 0 Å². The molecule has 2 aromatic rings. The van der Waals surface area contributed by atoms with Crippen LogP contribution in [0.25, 0.3) is 0 Å². The van der Waals surface area contributed by atoms with Crippen molar-refractivity contribution in [1.82, 2.24) is 14.8 Å². The van der Waals surface area contributed by atoms with Gasteiger partial charge in [-0.05, 0) is 37.6 Å². The fourth-order valence-electron chi connectivity index (χ4n) is 1.96. The Hall–Kier alpha value is -0.910. The van der Waals surface area contributed by atoms with Crippen LogP contribution < -0.4 is 5.73 Å². The van der Waals surface area contributed by atoms with E-state index in [4.69, 9.17) is 17.3 Å². The maximum absolute atomic E-state index is 6.26. The Morgan fingerprint density at radius 1 is 1.42 bits per heavy atom. The minimum Gasteiger partial charge on any atom is -0.324 e. The molecular weight excluding hydrogens is 328 g/mol. The van der Waals surface area contributed by atoms with Crippen molar-refractivity contribution in [3.63, 3.8) is 0 Å². The molecule has 0 fully saturated rings. The van der Waals surface area contributed by atoms with Gasteiger partial charge in [0.25, 0.3) is 0 Å². The Labute approximate surface area is 126 Å². The van der Waals surface area contributed by atoms with Gasteiger partial charge in [-0.1, -0.05) is 27.5 Å². The lowest BCUT2D eigenvalue weighted by molar-refractivity contribution is 0.493. The van der Waals surface area contributed by atoms with Gasteiger partial charge in [0, 0.05) is 28.0 Å². The van der Waals surface area contributed by atoms with Crippen LogP contribution >= 0.6 is 27.5 Å². The van der Waals surface area contributed by atoms with E-state index in [1.165, 1.54) is 0 Å². The highest BCUT2D eigenvalue weighted by Crippen LogP contribution is 2.27. The largest absolute Gasteiger partial charge is 0.324 e. The van der Waals surface area contributed by atoms with Crippen LogP contribution in [0.15, 0.2) is 29.0 Å². The molecule has 0 saturated heterocycles. The van der Waals surface area contributed by atoms with Crippen molar-refractivity contribution in [2.75, 3.05) is 0 Å². The number of rotatable bonds is 4. The molecule has 0 aliphatic rings. The minimum atomic E-state index is -0.172. The van der Waals surface area contributed by atoms with Crippen LogP contribution in [-0.4, -0.2) is 14.8 Å². The van der Waals surface area contributed by atoms with E-state index in [1.54, 1.807) is 6.33 Å². The smallest absolute Gasteiger partial charge is 0.138 e. The first-order chi connectivity index (χ1) is 8.99. The molecule has 0 saturated carbocycles. The van der Waals surface area contributed by atoms with Crippen molar-refractivity contribution in [2.24, 2.45) is 5.73 Å². The number of nitrogens with zero attached hydrogens (tertiary/aromatic N) is 3. The molecule has 102 valence electrons. The Bertz CT molecular complexity index is 568. The van der Waals surface area contributed by atoms with Crippen LogP contribution in [0.1, 0.15) is 37.3 Å². The Morgan fingerprint density at radius 3 is 2.84 bits per heavy atom. The van der Waals surface area contributed by atoms with E-state index >= 15 is 0 Å². The van der Waals surface area contributed by atoms with E-state index in [1.807, 2.05) is 22.9 Å². The van der Waals surface area contributed by atoms with Crippen molar-refractivity contribution in [3.8, 4) is 0 Å². The average molecular weight is 344 g/mol. The van der Waals surface area contributed by atoms with Gasteiger partial charge in [0.05, 0.1) is 0 Å². The molecule has 1 aromatic carbocycles. The third kappa shape index (κ3) is 3.35. The van der Waals surface area contributed by atoms with Crippen molar-refractivity contribution in [2.45, 2.75) is 32.4 Å². The molecule has 0 radical (unpaired) electrons. The summed E-state index contributed by atoms with van der Waals surface area (Å²) < 4.78 is 2.85. The molecule has 0 aliphatic heterocycles. The summed E-state index contributed by atoms with van der Waals surface area (Å²) in [6.07, 6.45) is 2.19. The number of halogens is 2. The standard InChI is InChI=1S/C13H16BrClN4/c1-8(2)19-13(17-7-18-19)6-12(16)10-5-9(15)3-4-11(10)14/h3-5,7-8,12H,6,16H2,1-2H3. The zero-order chi connectivity index (χ0) is 14.0. The lowest BCUT2D eigenvalue weighted by atomic mass is 10.0. The van der Waals surface area contributed by atoms with E-state index in [9.17, 15) is 0 Å². The topological polar surface area (TPSA) is 56.7 Å². The fourth-order valence-corrected chi connectivity index (χ4v) is 2.68. The van der Waals surface area contributed by atoms with Crippen molar-refractivity contribution >= 4 is 27.5 Å². The van der Waals surface area contributed by atoms with Crippen LogP contribution in [0.5, 0.6) is 0 Å². The molecule has 2 rings (SSSR count). The normalized spacial score (nSPS) is 12.9. The van der Waals surface area contributed by atoms with E-state index in [2.05, 4.69) is 39.9 Å². The molecule has 1 heterocycles. The Balaban J connectivity index is 2.23.